The number of benzene rings is 1. The first-order valence-electron chi connectivity index (χ1n) is 7.01. The van der Waals surface area contributed by atoms with Gasteiger partial charge in [0.15, 0.2) is 0 Å². The van der Waals surface area contributed by atoms with Gasteiger partial charge < -0.3 is 5.73 Å². The quantitative estimate of drug-likeness (QED) is 0.517. The predicted octanol–water partition coefficient (Wildman–Crippen LogP) is 1.76. The highest BCUT2D eigenvalue weighted by Gasteiger charge is 2.46. The minimum atomic E-state index is -0.126. The molecule has 1 heterocycles. The highest BCUT2D eigenvalue weighted by atomic mass is 16.2. The van der Waals surface area contributed by atoms with Crippen molar-refractivity contribution < 1.29 is 9.59 Å². The molecule has 1 aromatic carbocycles. The standard InChI is InChI=1S/C16H18N2O2/c17-12-7-5-11(6-8-12)9-10-18-15(19)13-3-1-2-4-14(13)16(18)20/h1-2,5-8,13-14H,3-4,9-10,17H2/t13-,14+. The van der Waals surface area contributed by atoms with Crippen LogP contribution in [-0.4, -0.2) is 23.3 Å². The van der Waals surface area contributed by atoms with Gasteiger partial charge in [-0.1, -0.05) is 24.3 Å². The van der Waals surface area contributed by atoms with E-state index < -0.39 is 0 Å². The number of likely N-dealkylation sites (tertiary alicyclic amines) is 1. The number of carbonyl (C=O) groups excluding carboxylic acids is 2. The van der Waals surface area contributed by atoms with E-state index >= 15 is 0 Å². The molecule has 4 heteroatoms. The largest absolute Gasteiger partial charge is 0.399 e. The zero-order valence-corrected chi connectivity index (χ0v) is 11.3. The number of rotatable bonds is 3. The second-order valence-electron chi connectivity index (χ2n) is 5.48. The van der Waals surface area contributed by atoms with Gasteiger partial charge in [0.2, 0.25) is 11.8 Å². The Kier molecular flexibility index (Phi) is 3.30. The molecule has 1 aromatic rings. The van der Waals surface area contributed by atoms with Gasteiger partial charge >= 0.3 is 0 Å². The van der Waals surface area contributed by atoms with Gasteiger partial charge in [0.1, 0.15) is 0 Å². The normalized spacial score (nSPS) is 25.1. The molecular formula is C16H18N2O2. The summed E-state index contributed by atoms with van der Waals surface area (Å²) < 4.78 is 0. The molecule has 0 radical (unpaired) electrons. The molecule has 0 aromatic heterocycles. The summed E-state index contributed by atoms with van der Waals surface area (Å²) >= 11 is 0. The molecule has 4 nitrogen and oxygen atoms in total. The lowest BCUT2D eigenvalue weighted by Crippen LogP contribution is -2.33. The van der Waals surface area contributed by atoms with Gasteiger partial charge in [0.05, 0.1) is 11.8 Å². The van der Waals surface area contributed by atoms with E-state index in [4.69, 9.17) is 5.73 Å². The van der Waals surface area contributed by atoms with E-state index in [1.807, 2.05) is 36.4 Å². The number of nitrogens with two attached hydrogens (primary N) is 1. The van der Waals surface area contributed by atoms with Crippen molar-refractivity contribution in [2.45, 2.75) is 19.3 Å². The monoisotopic (exact) mass is 270 g/mol. The van der Waals surface area contributed by atoms with Gasteiger partial charge in [-0.15, -0.1) is 0 Å². The van der Waals surface area contributed by atoms with Crippen molar-refractivity contribution in [2.75, 3.05) is 12.3 Å². The lowest BCUT2D eigenvalue weighted by molar-refractivity contribution is -0.139. The molecule has 3 rings (SSSR count). The molecule has 2 N–H and O–H groups in total. The van der Waals surface area contributed by atoms with E-state index in [0.717, 1.165) is 11.3 Å². The molecule has 2 atom stereocenters. The maximum Gasteiger partial charge on any atom is 0.233 e. The first-order valence-corrected chi connectivity index (χ1v) is 7.01. The molecule has 104 valence electrons. The molecule has 2 aliphatic rings. The smallest absolute Gasteiger partial charge is 0.233 e. The molecule has 1 fully saturated rings. The van der Waals surface area contributed by atoms with Crippen LogP contribution in [0.4, 0.5) is 5.69 Å². The number of amides is 2. The fraction of sp³-hybridized carbons (Fsp3) is 0.375. The second-order valence-corrected chi connectivity index (χ2v) is 5.48. The third-order valence-electron chi connectivity index (χ3n) is 4.20. The van der Waals surface area contributed by atoms with Crippen LogP contribution in [0.2, 0.25) is 0 Å². The summed E-state index contributed by atoms with van der Waals surface area (Å²) in [6.07, 6.45) is 6.11. The van der Waals surface area contributed by atoms with E-state index in [1.165, 1.54) is 4.90 Å². The number of nitrogen functional groups attached to an aromatic ring is 1. The Morgan fingerprint density at radius 2 is 1.55 bits per heavy atom. The molecule has 1 saturated heterocycles. The van der Waals surface area contributed by atoms with Gasteiger partial charge in [-0.2, -0.15) is 0 Å². The SMILES string of the molecule is Nc1ccc(CCN2C(=O)[C@H]3CC=CC[C@H]3C2=O)cc1. The van der Waals surface area contributed by atoms with Crippen molar-refractivity contribution >= 4 is 17.5 Å². The van der Waals surface area contributed by atoms with E-state index in [0.29, 0.717) is 25.8 Å². The zero-order chi connectivity index (χ0) is 14.1. The van der Waals surface area contributed by atoms with E-state index in [1.54, 1.807) is 0 Å². The molecule has 1 aliphatic carbocycles. The van der Waals surface area contributed by atoms with Gasteiger partial charge in [-0.3, -0.25) is 14.5 Å². The Hall–Kier alpha value is -2.10. The average Bonchev–Trinajstić information content (AvgIpc) is 2.71. The first-order chi connectivity index (χ1) is 9.66. The van der Waals surface area contributed by atoms with Gasteiger partial charge in [-0.25, -0.2) is 0 Å². The summed E-state index contributed by atoms with van der Waals surface area (Å²) in [7, 11) is 0. The molecule has 0 unspecified atom stereocenters. The highest BCUT2D eigenvalue weighted by Crippen LogP contribution is 2.34. The Morgan fingerprint density at radius 1 is 1.00 bits per heavy atom. The summed E-state index contributed by atoms with van der Waals surface area (Å²) in [5.74, 6) is -0.252. The number of allylic oxidation sites excluding steroid dienone is 2. The Balaban J connectivity index is 1.67. The van der Waals surface area contributed by atoms with Crippen molar-refractivity contribution in [3.05, 3.63) is 42.0 Å². The molecule has 1 aliphatic heterocycles. The van der Waals surface area contributed by atoms with Crippen LogP contribution in [0.15, 0.2) is 36.4 Å². The summed E-state index contributed by atoms with van der Waals surface area (Å²) in [5, 5.41) is 0. The van der Waals surface area contributed by atoms with Crippen LogP contribution < -0.4 is 5.73 Å². The summed E-state index contributed by atoms with van der Waals surface area (Å²) in [5.41, 5.74) is 7.45. The highest BCUT2D eigenvalue weighted by molar-refractivity contribution is 6.05. The lowest BCUT2D eigenvalue weighted by atomic mass is 9.85. The Bertz CT molecular complexity index is 536. The Labute approximate surface area is 118 Å². The number of nitrogens with zero attached hydrogens (tertiary/aromatic N) is 1. The average molecular weight is 270 g/mol. The van der Waals surface area contributed by atoms with Crippen molar-refractivity contribution in [1.82, 2.24) is 4.90 Å². The number of anilines is 1. The molecule has 0 bridgehead atoms. The first kappa shape index (κ1) is 12.9. The van der Waals surface area contributed by atoms with E-state index in [2.05, 4.69) is 0 Å². The third-order valence-corrected chi connectivity index (χ3v) is 4.20. The van der Waals surface area contributed by atoms with Crippen molar-refractivity contribution in [1.29, 1.82) is 0 Å². The van der Waals surface area contributed by atoms with Crippen molar-refractivity contribution in [2.24, 2.45) is 11.8 Å². The molecule has 20 heavy (non-hydrogen) atoms. The summed E-state index contributed by atoms with van der Waals surface area (Å²) in [6, 6.07) is 7.56. The third kappa shape index (κ3) is 2.22. The Morgan fingerprint density at radius 3 is 2.10 bits per heavy atom. The zero-order valence-electron chi connectivity index (χ0n) is 11.3. The molecule has 2 amide bonds. The van der Waals surface area contributed by atoms with Crippen molar-refractivity contribution in [3.8, 4) is 0 Å². The van der Waals surface area contributed by atoms with Crippen LogP contribution in [-0.2, 0) is 16.0 Å². The minimum absolute atomic E-state index is 0.000190. The van der Waals surface area contributed by atoms with E-state index in [9.17, 15) is 9.59 Å². The fourth-order valence-electron chi connectivity index (χ4n) is 3.01. The van der Waals surface area contributed by atoms with Crippen LogP contribution >= 0.6 is 0 Å². The number of imide groups is 1. The lowest BCUT2D eigenvalue weighted by Gasteiger charge is -2.14. The maximum atomic E-state index is 12.3. The summed E-state index contributed by atoms with van der Waals surface area (Å²) in [4.78, 5) is 26.0. The van der Waals surface area contributed by atoms with Gasteiger partial charge in [-0.05, 0) is 37.0 Å². The van der Waals surface area contributed by atoms with Crippen LogP contribution in [0.1, 0.15) is 18.4 Å². The van der Waals surface area contributed by atoms with Crippen LogP contribution in [0, 0.1) is 11.8 Å². The predicted molar refractivity (Wildman–Crippen MR) is 76.6 cm³/mol. The summed E-state index contributed by atoms with van der Waals surface area (Å²) in [6.45, 7) is 0.467. The molecule has 0 spiro atoms. The van der Waals surface area contributed by atoms with Crippen LogP contribution in [0.25, 0.3) is 0 Å². The van der Waals surface area contributed by atoms with Crippen molar-refractivity contribution in [3.63, 3.8) is 0 Å². The fourth-order valence-corrected chi connectivity index (χ4v) is 3.01. The maximum absolute atomic E-state index is 12.3. The number of hydrogen-bond acceptors (Lipinski definition) is 3. The van der Waals surface area contributed by atoms with Crippen LogP contribution in [0.5, 0.6) is 0 Å². The number of fused-ring (bicyclic) bond motifs is 1. The topological polar surface area (TPSA) is 63.4 Å². The number of carbonyl (C=O) groups is 2. The van der Waals surface area contributed by atoms with Gasteiger partial charge in [0.25, 0.3) is 0 Å². The molecule has 0 saturated carbocycles. The molecular weight excluding hydrogens is 252 g/mol. The number of hydrogen-bond donors (Lipinski definition) is 1. The second kappa shape index (κ2) is 5.12. The minimum Gasteiger partial charge on any atom is -0.399 e. The van der Waals surface area contributed by atoms with Gasteiger partial charge in [0, 0.05) is 12.2 Å². The van der Waals surface area contributed by atoms with E-state index in [-0.39, 0.29) is 23.7 Å². The van der Waals surface area contributed by atoms with Crippen LogP contribution in [0.3, 0.4) is 0 Å².